The van der Waals surface area contributed by atoms with Gasteiger partial charge in [-0.2, -0.15) is 0 Å². The van der Waals surface area contributed by atoms with E-state index in [0.717, 1.165) is 24.5 Å². The van der Waals surface area contributed by atoms with Gasteiger partial charge in [0.15, 0.2) is 6.61 Å². The SMILES string of the molecule is CCCNS(=O)(=O)c1ccc(OCC(=O)N2CCN(c3ccc(OC)cc3)CC2)c(Cl)c1. The van der Waals surface area contributed by atoms with Crippen molar-refractivity contribution in [2.75, 3.05) is 51.3 Å². The van der Waals surface area contributed by atoms with Crippen LogP contribution in [0.5, 0.6) is 11.5 Å². The summed E-state index contributed by atoms with van der Waals surface area (Å²) in [6.07, 6.45) is 0.685. The van der Waals surface area contributed by atoms with Crippen molar-refractivity contribution in [2.45, 2.75) is 18.2 Å². The van der Waals surface area contributed by atoms with Gasteiger partial charge in [0.05, 0.1) is 17.0 Å². The third-order valence-electron chi connectivity index (χ3n) is 5.18. The van der Waals surface area contributed by atoms with Crippen LogP contribution >= 0.6 is 11.6 Å². The number of sulfonamides is 1. The first-order valence-corrected chi connectivity index (χ1v) is 12.3. The van der Waals surface area contributed by atoms with Gasteiger partial charge in [0.25, 0.3) is 5.91 Å². The van der Waals surface area contributed by atoms with Crippen LogP contribution in [0.4, 0.5) is 5.69 Å². The number of rotatable bonds is 9. The molecule has 1 aliphatic rings. The topological polar surface area (TPSA) is 88.2 Å². The molecule has 3 rings (SSSR count). The van der Waals surface area contributed by atoms with Gasteiger partial charge >= 0.3 is 0 Å². The van der Waals surface area contributed by atoms with Crippen molar-refractivity contribution in [3.63, 3.8) is 0 Å². The zero-order chi connectivity index (χ0) is 23.1. The van der Waals surface area contributed by atoms with E-state index < -0.39 is 10.0 Å². The van der Waals surface area contributed by atoms with Crippen LogP contribution in [0.2, 0.25) is 5.02 Å². The molecule has 8 nitrogen and oxygen atoms in total. The summed E-state index contributed by atoms with van der Waals surface area (Å²) in [6.45, 7) is 4.67. The molecule has 0 atom stereocenters. The Balaban J connectivity index is 1.51. The minimum atomic E-state index is -3.62. The predicted octanol–water partition coefficient (Wildman–Crippen LogP) is 2.76. The first-order chi connectivity index (χ1) is 15.3. The highest BCUT2D eigenvalue weighted by molar-refractivity contribution is 7.89. The number of nitrogens with zero attached hydrogens (tertiary/aromatic N) is 2. The molecule has 1 heterocycles. The van der Waals surface area contributed by atoms with Crippen molar-refractivity contribution in [3.8, 4) is 11.5 Å². The van der Waals surface area contributed by atoms with Gasteiger partial charge in [-0.05, 0) is 48.9 Å². The van der Waals surface area contributed by atoms with Gasteiger partial charge in [-0.15, -0.1) is 0 Å². The summed E-state index contributed by atoms with van der Waals surface area (Å²) in [6, 6.07) is 12.1. The van der Waals surface area contributed by atoms with E-state index in [1.165, 1.54) is 18.2 Å². The number of anilines is 1. The van der Waals surface area contributed by atoms with E-state index in [9.17, 15) is 13.2 Å². The van der Waals surface area contributed by atoms with Crippen LogP contribution in [-0.4, -0.2) is 65.7 Å². The highest BCUT2D eigenvalue weighted by Crippen LogP contribution is 2.27. The van der Waals surface area contributed by atoms with E-state index in [1.54, 1.807) is 12.0 Å². The molecule has 2 aromatic rings. The lowest BCUT2D eigenvalue weighted by Gasteiger charge is -2.36. The van der Waals surface area contributed by atoms with Gasteiger partial charge in [-0.1, -0.05) is 18.5 Å². The second-order valence-corrected chi connectivity index (χ2v) is 9.52. The average Bonchev–Trinajstić information content (AvgIpc) is 2.82. The third-order valence-corrected chi connectivity index (χ3v) is 6.93. The minimum absolute atomic E-state index is 0.0595. The lowest BCUT2D eigenvalue weighted by molar-refractivity contribution is -0.133. The summed E-state index contributed by atoms with van der Waals surface area (Å²) in [4.78, 5) is 16.6. The van der Waals surface area contributed by atoms with Crippen LogP contribution in [0.25, 0.3) is 0 Å². The summed E-state index contributed by atoms with van der Waals surface area (Å²) in [5.41, 5.74) is 1.09. The summed E-state index contributed by atoms with van der Waals surface area (Å²) in [5, 5.41) is 0.140. The van der Waals surface area contributed by atoms with Crippen LogP contribution < -0.4 is 19.1 Å². The molecular formula is C22H28ClN3O5S. The Morgan fingerprint density at radius 1 is 1.09 bits per heavy atom. The van der Waals surface area contributed by atoms with E-state index >= 15 is 0 Å². The maximum atomic E-state index is 12.6. The lowest BCUT2D eigenvalue weighted by Crippen LogP contribution is -2.50. The number of carbonyl (C=O) groups excluding carboxylic acids is 1. The normalized spacial score (nSPS) is 14.3. The van der Waals surface area contributed by atoms with E-state index in [4.69, 9.17) is 21.1 Å². The van der Waals surface area contributed by atoms with Crippen LogP contribution in [0, 0.1) is 0 Å². The molecule has 0 unspecified atom stereocenters. The molecule has 10 heteroatoms. The lowest BCUT2D eigenvalue weighted by atomic mass is 10.2. The number of amides is 1. The third kappa shape index (κ3) is 6.05. The molecular weight excluding hydrogens is 454 g/mol. The standard InChI is InChI=1S/C22H28ClN3O5S/c1-3-10-24-32(28,29)19-8-9-21(20(23)15-19)31-16-22(27)26-13-11-25(12-14-26)17-4-6-18(30-2)7-5-17/h4-9,15,24H,3,10-14,16H2,1-2H3. The number of halogens is 1. The molecule has 0 aliphatic carbocycles. The molecule has 1 saturated heterocycles. The fourth-order valence-electron chi connectivity index (χ4n) is 3.32. The Hall–Kier alpha value is -2.49. The first-order valence-electron chi connectivity index (χ1n) is 10.4. The van der Waals surface area contributed by atoms with E-state index in [-0.39, 0.29) is 28.2 Å². The molecule has 0 saturated carbocycles. The van der Waals surface area contributed by atoms with Crippen molar-refractivity contribution < 1.29 is 22.7 Å². The van der Waals surface area contributed by atoms with Crippen molar-refractivity contribution >= 4 is 33.2 Å². The quantitative estimate of drug-likeness (QED) is 0.592. The van der Waals surface area contributed by atoms with Crippen molar-refractivity contribution in [2.24, 2.45) is 0 Å². The number of hydrogen-bond acceptors (Lipinski definition) is 6. The molecule has 32 heavy (non-hydrogen) atoms. The van der Waals surface area contributed by atoms with Crippen molar-refractivity contribution in [1.29, 1.82) is 0 Å². The molecule has 2 aromatic carbocycles. The van der Waals surface area contributed by atoms with Crippen LogP contribution in [0.3, 0.4) is 0 Å². The Kier molecular flexibility index (Phi) is 8.22. The number of nitrogens with one attached hydrogen (secondary N) is 1. The molecule has 174 valence electrons. The molecule has 0 bridgehead atoms. The smallest absolute Gasteiger partial charge is 0.260 e. The number of ether oxygens (including phenoxy) is 2. The van der Waals surface area contributed by atoms with Gasteiger partial charge in [0.2, 0.25) is 10.0 Å². The van der Waals surface area contributed by atoms with Gasteiger partial charge in [-0.3, -0.25) is 4.79 Å². The maximum Gasteiger partial charge on any atom is 0.260 e. The molecule has 0 radical (unpaired) electrons. The predicted molar refractivity (Wildman–Crippen MR) is 124 cm³/mol. The monoisotopic (exact) mass is 481 g/mol. The second-order valence-electron chi connectivity index (χ2n) is 7.34. The van der Waals surface area contributed by atoms with Crippen molar-refractivity contribution in [3.05, 3.63) is 47.5 Å². The van der Waals surface area contributed by atoms with Crippen LogP contribution in [0.1, 0.15) is 13.3 Å². The van der Waals surface area contributed by atoms with Crippen LogP contribution in [-0.2, 0) is 14.8 Å². The van der Waals surface area contributed by atoms with Crippen molar-refractivity contribution in [1.82, 2.24) is 9.62 Å². The number of carbonyl (C=O) groups is 1. The molecule has 0 aromatic heterocycles. The van der Waals surface area contributed by atoms with Gasteiger partial charge in [0.1, 0.15) is 11.5 Å². The van der Waals surface area contributed by atoms with Gasteiger partial charge in [0, 0.05) is 38.4 Å². The molecule has 1 N–H and O–H groups in total. The highest BCUT2D eigenvalue weighted by atomic mass is 35.5. The number of piperazine rings is 1. The Morgan fingerprint density at radius 3 is 2.38 bits per heavy atom. The molecule has 1 aliphatic heterocycles. The zero-order valence-corrected chi connectivity index (χ0v) is 19.8. The summed E-state index contributed by atoms with van der Waals surface area (Å²) < 4.78 is 37.7. The fraction of sp³-hybridized carbons (Fsp3) is 0.409. The zero-order valence-electron chi connectivity index (χ0n) is 18.2. The summed E-state index contributed by atoms with van der Waals surface area (Å²) in [7, 11) is -1.98. The summed E-state index contributed by atoms with van der Waals surface area (Å²) in [5.74, 6) is 0.935. The van der Waals surface area contributed by atoms with Gasteiger partial charge < -0.3 is 19.3 Å². The van der Waals surface area contributed by atoms with Gasteiger partial charge in [-0.25, -0.2) is 13.1 Å². The largest absolute Gasteiger partial charge is 0.497 e. The highest BCUT2D eigenvalue weighted by Gasteiger charge is 2.22. The number of hydrogen-bond donors (Lipinski definition) is 1. The fourth-order valence-corrected chi connectivity index (χ4v) is 4.78. The van der Waals surface area contributed by atoms with E-state index in [0.29, 0.717) is 26.1 Å². The summed E-state index contributed by atoms with van der Waals surface area (Å²) >= 11 is 6.19. The molecule has 0 spiro atoms. The Bertz CT molecular complexity index is 1020. The average molecular weight is 482 g/mol. The molecule has 1 fully saturated rings. The first kappa shape index (κ1) is 24.2. The number of benzene rings is 2. The molecule has 1 amide bonds. The Morgan fingerprint density at radius 2 is 1.78 bits per heavy atom. The van der Waals surface area contributed by atoms with E-state index in [1.807, 2.05) is 31.2 Å². The maximum absolute atomic E-state index is 12.6. The Labute approximate surface area is 194 Å². The number of methoxy groups -OCH3 is 1. The van der Waals surface area contributed by atoms with E-state index in [2.05, 4.69) is 9.62 Å². The van der Waals surface area contributed by atoms with Crippen LogP contribution in [0.15, 0.2) is 47.4 Å². The second kappa shape index (κ2) is 10.9. The minimum Gasteiger partial charge on any atom is -0.497 e.